The molecule has 2 aliphatic rings. The third kappa shape index (κ3) is 4.29. The number of carbonyl (C=O) groups excluding carboxylic acids is 1. The molecular formula is C20H23N5O3S. The van der Waals surface area contributed by atoms with E-state index in [0.29, 0.717) is 42.0 Å². The molecule has 1 N–H and O–H groups in total. The predicted octanol–water partition coefficient (Wildman–Crippen LogP) is 0.980. The highest BCUT2D eigenvalue weighted by atomic mass is 32.2. The topological polar surface area (TPSA) is 114 Å². The lowest BCUT2D eigenvalue weighted by Crippen LogP contribution is -2.53. The number of ether oxygens (including phenoxy) is 1. The molecular weight excluding hydrogens is 390 g/mol. The van der Waals surface area contributed by atoms with Crippen molar-refractivity contribution in [3.05, 3.63) is 30.1 Å². The van der Waals surface area contributed by atoms with Crippen LogP contribution in [0.5, 0.6) is 0 Å². The standard InChI is InChI=1S/C20H23N5O3S/c1-13-10-25(16-3-2-15(8-21)18-19(16)23-6-5-22-18)11-17(28-13)20(26)24-9-14-4-7-29(27)12-14/h2-3,5-6,13-14,17H,4,7,9-12H2,1H3,(H,24,26). The SMILES string of the molecule is CC1CN(c2ccc(C#N)c3nccnc23)CC(C(=O)NCC2CC[S+]([O-])C2)O1. The number of rotatable bonds is 4. The lowest BCUT2D eigenvalue weighted by atomic mass is 10.1. The Morgan fingerprint density at radius 1 is 1.38 bits per heavy atom. The van der Waals surface area contributed by atoms with E-state index in [1.165, 1.54) is 0 Å². The van der Waals surface area contributed by atoms with Crippen LogP contribution in [-0.2, 0) is 20.7 Å². The fourth-order valence-electron chi connectivity index (χ4n) is 3.93. The molecule has 0 radical (unpaired) electrons. The number of nitrogens with one attached hydrogen (secondary N) is 1. The van der Waals surface area contributed by atoms with Crippen molar-refractivity contribution in [2.45, 2.75) is 25.6 Å². The summed E-state index contributed by atoms with van der Waals surface area (Å²) in [5.74, 6) is 1.50. The molecule has 2 fully saturated rings. The maximum atomic E-state index is 12.7. The third-order valence-electron chi connectivity index (χ3n) is 5.36. The van der Waals surface area contributed by atoms with Gasteiger partial charge in [-0.25, -0.2) is 0 Å². The van der Waals surface area contributed by atoms with Gasteiger partial charge >= 0.3 is 0 Å². The molecule has 152 valence electrons. The van der Waals surface area contributed by atoms with Gasteiger partial charge in [-0.05, 0) is 19.1 Å². The Labute approximate surface area is 172 Å². The van der Waals surface area contributed by atoms with Crippen LogP contribution in [0, 0.1) is 17.2 Å². The number of morpholine rings is 1. The van der Waals surface area contributed by atoms with Gasteiger partial charge in [0.05, 0.1) is 23.9 Å². The number of nitrogens with zero attached hydrogens (tertiary/aromatic N) is 4. The van der Waals surface area contributed by atoms with E-state index in [9.17, 15) is 14.6 Å². The lowest BCUT2D eigenvalue weighted by molar-refractivity contribution is -0.137. The second kappa shape index (κ2) is 8.53. The van der Waals surface area contributed by atoms with Gasteiger partial charge in [-0.15, -0.1) is 0 Å². The molecule has 2 aliphatic heterocycles. The first-order valence-electron chi connectivity index (χ1n) is 9.72. The molecule has 0 aliphatic carbocycles. The molecule has 9 heteroatoms. The number of carbonyl (C=O) groups is 1. The van der Waals surface area contributed by atoms with Crippen molar-refractivity contribution < 1.29 is 14.1 Å². The van der Waals surface area contributed by atoms with E-state index in [1.54, 1.807) is 18.5 Å². The second-order valence-electron chi connectivity index (χ2n) is 7.55. The van der Waals surface area contributed by atoms with Gasteiger partial charge in [0.15, 0.2) is 6.10 Å². The van der Waals surface area contributed by atoms with Gasteiger partial charge in [0.1, 0.15) is 28.6 Å². The molecule has 8 nitrogen and oxygen atoms in total. The van der Waals surface area contributed by atoms with Crippen molar-refractivity contribution in [2.24, 2.45) is 5.92 Å². The molecule has 4 atom stereocenters. The molecule has 29 heavy (non-hydrogen) atoms. The summed E-state index contributed by atoms with van der Waals surface area (Å²) in [5, 5.41) is 12.3. The number of amides is 1. The van der Waals surface area contributed by atoms with Crippen molar-refractivity contribution in [1.29, 1.82) is 5.26 Å². The number of anilines is 1. The van der Waals surface area contributed by atoms with Gasteiger partial charge in [0, 0.05) is 37.8 Å². The average Bonchev–Trinajstić information content (AvgIpc) is 3.15. The van der Waals surface area contributed by atoms with Gasteiger partial charge in [-0.3, -0.25) is 14.8 Å². The van der Waals surface area contributed by atoms with Crippen LogP contribution in [0.1, 0.15) is 18.9 Å². The van der Waals surface area contributed by atoms with Crippen LogP contribution in [0.4, 0.5) is 5.69 Å². The molecule has 2 aromatic rings. The summed E-state index contributed by atoms with van der Waals surface area (Å²) in [7, 11) is 0. The smallest absolute Gasteiger partial charge is 0.251 e. The Morgan fingerprint density at radius 3 is 2.90 bits per heavy atom. The maximum Gasteiger partial charge on any atom is 0.251 e. The van der Waals surface area contributed by atoms with E-state index < -0.39 is 17.3 Å². The second-order valence-corrected chi connectivity index (χ2v) is 9.17. The molecule has 1 aromatic heterocycles. The van der Waals surface area contributed by atoms with Crippen molar-refractivity contribution in [3.63, 3.8) is 0 Å². The predicted molar refractivity (Wildman–Crippen MR) is 110 cm³/mol. The van der Waals surface area contributed by atoms with Crippen molar-refractivity contribution >= 4 is 33.8 Å². The van der Waals surface area contributed by atoms with Gasteiger partial charge in [-0.2, -0.15) is 5.26 Å². The molecule has 0 spiro atoms. The molecule has 0 saturated carbocycles. The number of aromatic nitrogens is 2. The molecule has 4 unspecified atom stereocenters. The highest BCUT2D eigenvalue weighted by molar-refractivity contribution is 7.91. The Hall–Kier alpha value is -2.41. The summed E-state index contributed by atoms with van der Waals surface area (Å²) in [6.07, 6.45) is 3.32. The van der Waals surface area contributed by atoms with Crippen molar-refractivity contribution in [1.82, 2.24) is 15.3 Å². The minimum Gasteiger partial charge on any atom is -0.616 e. The fourth-order valence-corrected chi connectivity index (χ4v) is 5.50. The highest BCUT2D eigenvalue weighted by Gasteiger charge is 2.33. The van der Waals surface area contributed by atoms with Gasteiger partial charge < -0.3 is 19.5 Å². The van der Waals surface area contributed by atoms with Gasteiger partial charge in [0.25, 0.3) is 5.91 Å². The maximum absolute atomic E-state index is 12.7. The van der Waals surface area contributed by atoms with E-state index in [0.717, 1.165) is 17.9 Å². The summed E-state index contributed by atoms with van der Waals surface area (Å²) in [5.41, 5.74) is 2.52. The summed E-state index contributed by atoms with van der Waals surface area (Å²) >= 11 is -0.752. The van der Waals surface area contributed by atoms with E-state index in [2.05, 4.69) is 26.3 Å². The zero-order valence-electron chi connectivity index (χ0n) is 16.2. The Morgan fingerprint density at radius 2 is 2.17 bits per heavy atom. The van der Waals surface area contributed by atoms with Crippen LogP contribution in [0.3, 0.4) is 0 Å². The number of hydrogen-bond acceptors (Lipinski definition) is 7. The van der Waals surface area contributed by atoms with E-state index in [1.807, 2.05) is 13.0 Å². The molecule has 1 aromatic carbocycles. The quantitative estimate of drug-likeness (QED) is 0.743. The average molecular weight is 414 g/mol. The number of fused-ring (bicyclic) bond motifs is 1. The largest absolute Gasteiger partial charge is 0.616 e. The molecule has 2 saturated heterocycles. The van der Waals surface area contributed by atoms with E-state index >= 15 is 0 Å². The zero-order valence-corrected chi connectivity index (χ0v) is 17.0. The van der Waals surface area contributed by atoms with Crippen LogP contribution in [-0.4, -0.2) is 63.8 Å². The minimum atomic E-state index is -0.752. The normalized spacial score (nSPS) is 27.0. The first kappa shape index (κ1) is 19.9. The molecule has 1 amide bonds. The van der Waals surface area contributed by atoms with Crippen molar-refractivity contribution in [3.8, 4) is 6.07 Å². The summed E-state index contributed by atoms with van der Waals surface area (Å²) < 4.78 is 17.4. The number of nitriles is 1. The summed E-state index contributed by atoms with van der Waals surface area (Å²) in [6, 6.07) is 5.75. The first-order valence-corrected chi connectivity index (χ1v) is 11.2. The first-order chi connectivity index (χ1) is 14.0. The minimum absolute atomic E-state index is 0.138. The van der Waals surface area contributed by atoms with Crippen LogP contribution >= 0.6 is 0 Å². The highest BCUT2D eigenvalue weighted by Crippen LogP contribution is 2.29. The number of benzene rings is 1. The lowest BCUT2D eigenvalue weighted by Gasteiger charge is -2.37. The summed E-state index contributed by atoms with van der Waals surface area (Å²) in [6.45, 7) is 3.47. The van der Waals surface area contributed by atoms with Crippen molar-refractivity contribution in [2.75, 3.05) is 36.0 Å². The zero-order chi connectivity index (χ0) is 20.4. The Balaban J connectivity index is 1.50. The number of hydrogen-bond donors (Lipinski definition) is 1. The van der Waals surface area contributed by atoms with Crippen LogP contribution in [0.15, 0.2) is 24.5 Å². The van der Waals surface area contributed by atoms with Crippen LogP contribution in [0.25, 0.3) is 11.0 Å². The molecule has 4 rings (SSSR count). The van der Waals surface area contributed by atoms with Crippen LogP contribution < -0.4 is 10.2 Å². The molecule has 3 heterocycles. The monoisotopic (exact) mass is 413 g/mol. The van der Waals surface area contributed by atoms with Crippen LogP contribution in [0.2, 0.25) is 0 Å². The molecule has 0 bridgehead atoms. The third-order valence-corrected chi connectivity index (χ3v) is 6.89. The van der Waals surface area contributed by atoms with Gasteiger partial charge in [-0.1, -0.05) is 11.2 Å². The van der Waals surface area contributed by atoms with E-state index in [4.69, 9.17) is 4.74 Å². The summed E-state index contributed by atoms with van der Waals surface area (Å²) in [4.78, 5) is 23.5. The van der Waals surface area contributed by atoms with E-state index in [-0.39, 0.29) is 17.9 Å². The Kier molecular flexibility index (Phi) is 5.85. The van der Waals surface area contributed by atoms with Gasteiger partial charge in [0.2, 0.25) is 0 Å². The Bertz CT molecular complexity index is 949. The fraction of sp³-hybridized carbons (Fsp3) is 0.500.